The van der Waals surface area contributed by atoms with Crippen LogP contribution in [-0.4, -0.2) is 44.9 Å². The highest BCUT2D eigenvalue weighted by molar-refractivity contribution is 7.45. The Labute approximate surface area is 162 Å². The molecule has 0 saturated carbocycles. The molecule has 0 aliphatic carbocycles. The van der Waals surface area contributed by atoms with Gasteiger partial charge in [0.15, 0.2) is 0 Å². The van der Waals surface area contributed by atoms with E-state index in [0.29, 0.717) is 12.5 Å². The second kappa shape index (κ2) is 15.0. The van der Waals surface area contributed by atoms with Gasteiger partial charge in [0.2, 0.25) is 0 Å². The Hall–Kier alpha value is 0.0700. The predicted molar refractivity (Wildman–Crippen MR) is 108 cm³/mol. The lowest BCUT2D eigenvalue weighted by Crippen LogP contribution is -2.43. The van der Waals surface area contributed by atoms with Crippen LogP contribution in [0.1, 0.15) is 85.0 Å². The van der Waals surface area contributed by atoms with Gasteiger partial charge in [0, 0.05) is 0 Å². The molecule has 0 rings (SSSR count). The average Bonchev–Trinajstić information content (AvgIpc) is 2.57. The van der Waals surface area contributed by atoms with Gasteiger partial charge in [0.05, 0.1) is 27.2 Å². The highest BCUT2D eigenvalue weighted by Gasteiger charge is 2.18. The molecule has 0 aliphatic rings. The van der Waals surface area contributed by atoms with Crippen LogP contribution in [0.5, 0.6) is 0 Å². The van der Waals surface area contributed by atoms with Crippen molar-refractivity contribution in [2.75, 3.05) is 40.4 Å². The summed E-state index contributed by atoms with van der Waals surface area (Å²) < 4.78 is 22.9. The third-order valence-electron chi connectivity index (χ3n) is 5.07. The fourth-order valence-corrected chi connectivity index (χ4v) is 3.74. The summed E-state index contributed by atoms with van der Waals surface area (Å²) in [4.78, 5) is 11.9. The number of phosphoric ester groups is 1. The predicted octanol–water partition coefficient (Wildman–Crippen LogP) is 5.14. The van der Waals surface area contributed by atoms with Gasteiger partial charge in [-0.1, -0.05) is 65.7 Å². The number of hydrogen-bond donors (Lipinski definition) is 0. The molecular weight excluding hydrogens is 349 g/mol. The van der Waals surface area contributed by atoms with Crippen LogP contribution in [0.15, 0.2) is 0 Å². The molecule has 158 valence electrons. The Bertz CT molecular complexity index is 377. The van der Waals surface area contributed by atoms with Gasteiger partial charge in [0.1, 0.15) is 13.2 Å². The Balaban J connectivity index is 3.96. The molecule has 2 atom stereocenters. The van der Waals surface area contributed by atoms with E-state index >= 15 is 0 Å². The van der Waals surface area contributed by atoms with Crippen molar-refractivity contribution in [1.29, 1.82) is 0 Å². The lowest BCUT2D eigenvalue weighted by Gasteiger charge is -2.31. The van der Waals surface area contributed by atoms with Gasteiger partial charge < -0.3 is 18.4 Å². The zero-order valence-corrected chi connectivity index (χ0v) is 18.9. The second-order valence-corrected chi connectivity index (χ2v) is 9.55. The summed E-state index contributed by atoms with van der Waals surface area (Å²) in [6.07, 6.45) is 11.8. The van der Waals surface area contributed by atoms with Gasteiger partial charge in [-0.05, 0) is 25.2 Å². The van der Waals surface area contributed by atoms with E-state index in [2.05, 4.69) is 34.9 Å². The minimum atomic E-state index is -4.18. The lowest BCUT2D eigenvalue weighted by atomic mass is 10.0. The summed E-state index contributed by atoms with van der Waals surface area (Å²) in [7, 11) is 0.0756. The molecule has 0 aromatic carbocycles. The van der Waals surface area contributed by atoms with Crippen LogP contribution in [0.2, 0.25) is 0 Å². The van der Waals surface area contributed by atoms with Crippen LogP contribution in [0.4, 0.5) is 0 Å². The number of unbranched alkanes of at least 4 members (excludes halogenated alkanes) is 6. The summed E-state index contributed by atoms with van der Waals surface area (Å²) in [5.74, 6) is 0.292. The number of quaternary nitrogens is 1. The zero-order chi connectivity index (χ0) is 19.9. The Morgan fingerprint density at radius 2 is 1.50 bits per heavy atom. The van der Waals surface area contributed by atoms with Crippen molar-refractivity contribution in [3.05, 3.63) is 0 Å². The van der Waals surface area contributed by atoms with Gasteiger partial charge in [-0.15, -0.1) is 0 Å². The van der Waals surface area contributed by atoms with Crippen LogP contribution in [0, 0.1) is 5.92 Å². The van der Waals surface area contributed by atoms with Crippen LogP contribution >= 0.6 is 7.82 Å². The quantitative estimate of drug-likeness (QED) is 0.184. The van der Waals surface area contributed by atoms with Crippen molar-refractivity contribution in [2.45, 2.75) is 85.0 Å². The number of rotatable bonds is 18. The minimum Gasteiger partial charge on any atom is -0.756 e. The van der Waals surface area contributed by atoms with Gasteiger partial charge in [-0.2, -0.15) is 0 Å². The van der Waals surface area contributed by atoms with Crippen molar-refractivity contribution >= 4 is 7.82 Å². The van der Waals surface area contributed by atoms with Crippen LogP contribution < -0.4 is 4.89 Å². The van der Waals surface area contributed by atoms with E-state index in [1.165, 1.54) is 38.5 Å². The first kappa shape index (κ1) is 26.1. The maximum Gasteiger partial charge on any atom is 0.268 e. The van der Waals surface area contributed by atoms with E-state index in [1.54, 1.807) is 0 Å². The van der Waals surface area contributed by atoms with E-state index < -0.39 is 7.82 Å². The van der Waals surface area contributed by atoms with Crippen molar-refractivity contribution < 1.29 is 23.0 Å². The maximum absolute atomic E-state index is 11.9. The monoisotopic (exact) mass is 393 g/mol. The SMILES string of the molecule is CCCCCCCC[N+](C)(C)CCOP(=O)([O-])OCC(CC)CCCC. The van der Waals surface area contributed by atoms with Gasteiger partial charge in [-0.3, -0.25) is 4.57 Å². The van der Waals surface area contributed by atoms with Crippen molar-refractivity contribution in [3.63, 3.8) is 0 Å². The molecule has 0 aliphatic heterocycles. The summed E-state index contributed by atoms with van der Waals surface area (Å²) in [6.45, 7) is 8.60. The number of hydrogen-bond acceptors (Lipinski definition) is 4. The largest absolute Gasteiger partial charge is 0.756 e. The fourth-order valence-electron chi connectivity index (χ4n) is 2.96. The highest BCUT2D eigenvalue weighted by Crippen LogP contribution is 2.39. The normalized spacial score (nSPS) is 15.8. The Morgan fingerprint density at radius 3 is 2.12 bits per heavy atom. The van der Waals surface area contributed by atoms with E-state index in [0.717, 1.165) is 36.7 Å². The molecule has 0 aromatic rings. The molecule has 0 bridgehead atoms. The minimum absolute atomic E-state index is 0.190. The Kier molecular flexibility index (Phi) is 15.1. The summed E-state index contributed by atoms with van der Waals surface area (Å²) in [6, 6.07) is 0. The molecule has 26 heavy (non-hydrogen) atoms. The van der Waals surface area contributed by atoms with E-state index in [4.69, 9.17) is 9.05 Å². The molecule has 0 amide bonds. The van der Waals surface area contributed by atoms with Gasteiger partial charge >= 0.3 is 0 Å². The molecule has 0 aromatic heterocycles. The average molecular weight is 394 g/mol. The molecule has 2 unspecified atom stereocenters. The van der Waals surface area contributed by atoms with Gasteiger partial charge in [-0.25, -0.2) is 0 Å². The first-order valence-electron chi connectivity index (χ1n) is 10.7. The van der Waals surface area contributed by atoms with Crippen molar-refractivity contribution in [3.8, 4) is 0 Å². The maximum atomic E-state index is 11.9. The third-order valence-corrected chi connectivity index (χ3v) is 6.04. The number of phosphoric acid groups is 1. The molecule has 0 saturated heterocycles. The topological polar surface area (TPSA) is 58.6 Å². The standard InChI is InChI=1S/C20H44NO4P/c1-6-9-11-12-13-14-16-21(4,5)17-18-24-26(22,23)25-19-20(8-3)15-10-7-2/h20H,6-19H2,1-5H3. The van der Waals surface area contributed by atoms with Crippen molar-refractivity contribution in [1.82, 2.24) is 0 Å². The lowest BCUT2D eigenvalue weighted by molar-refractivity contribution is -0.890. The number of likely N-dealkylation sites (N-methyl/N-ethyl adjacent to an activating group) is 1. The molecule has 0 spiro atoms. The molecular formula is C20H44NO4P. The molecule has 0 N–H and O–H groups in total. The molecule has 0 fully saturated rings. The highest BCUT2D eigenvalue weighted by atomic mass is 31.2. The third kappa shape index (κ3) is 15.2. The molecule has 5 nitrogen and oxygen atoms in total. The van der Waals surface area contributed by atoms with Gasteiger partial charge in [0.25, 0.3) is 7.82 Å². The van der Waals surface area contributed by atoms with E-state index in [9.17, 15) is 9.46 Å². The van der Waals surface area contributed by atoms with E-state index in [-0.39, 0.29) is 13.2 Å². The van der Waals surface area contributed by atoms with Crippen LogP contribution in [-0.2, 0) is 13.6 Å². The zero-order valence-electron chi connectivity index (χ0n) is 18.0. The second-order valence-electron chi connectivity index (χ2n) is 8.14. The fraction of sp³-hybridized carbons (Fsp3) is 1.00. The first-order chi connectivity index (χ1) is 12.3. The number of nitrogens with zero attached hydrogens (tertiary/aromatic N) is 1. The molecule has 6 heteroatoms. The van der Waals surface area contributed by atoms with Crippen LogP contribution in [0.25, 0.3) is 0 Å². The molecule has 0 heterocycles. The summed E-state index contributed by atoms with van der Waals surface area (Å²) in [5, 5.41) is 0. The summed E-state index contributed by atoms with van der Waals surface area (Å²) in [5.41, 5.74) is 0. The van der Waals surface area contributed by atoms with E-state index in [1.807, 2.05) is 0 Å². The first-order valence-corrected chi connectivity index (χ1v) is 12.1. The molecule has 0 radical (unpaired) electrons. The Morgan fingerprint density at radius 1 is 0.885 bits per heavy atom. The smallest absolute Gasteiger partial charge is 0.268 e. The van der Waals surface area contributed by atoms with Crippen LogP contribution in [0.3, 0.4) is 0 Å². The summed E-state index contributed by atoms with van der Waals surface area (Å²) >= 11 is 0. The van der Waals surface area contributed by atoms with Crippen molar-refractivity contribution in [2.24, 2.45) is 5.92 Å².